The maximum absolute atomic E-state index is 11.2. The average Bonchev–Trinajstić information content (AvgIpc) is 2.16. The fourth-order valence-corrected chi connectivity index (χ4v) is 4.00. The molecular weight excluding hydrogens is 188 g/mol. The largest absolute Gasteiger partial charge is 0.481 e. The number of carbonyl (C=O) groups is 1. The normalized spacial score (nSPS) is 44.7. The number of fused-ring (bicyclic) bond motifs is 3. The Bertz CT molecular complexity index is 259. The molecule has 0 aromatic heterocycles. The molecule has 5 atom stereocenters. The van der Waals surface area contributed by atoms with Gasteiger partial charge in [-0.25, -0.2) is 0 Å². The summed E-state index contributed by atoms with van der Waals surface area (Å²) in [5, 5.41) is 9.20. The smallest absolute Gasteiger partial charge is 0.306 e. The topological polar surface area (TPSA) is 37.3 Å². The molecule has 3 aliphatic rings. The summed E-state index contributed by atoms with van der Waals surface area (Å²) in [6, 6.07) is 0. The van der Waals surface area contributed by atoms with Gasteiger partial charge in [0.15, 0.2) is 0 Å². The van der Waals surface area contributed by atoms with Crippen LogP contribution in [0.3, 0.4) is 0 Å². The quantitative estimate of drug-likeness (QED) is 0.760. The molecule has 0 spiro atoms. The highest BCUT2D eigenvalue weighted by Crippen LogP contribution is 2.53. The minimum atomic E-state index is -0.557. The summed E-state index contributed by atoms with van der Waals surface area (Å²) in [4.78, 5) is 11.2. The van der Waals surface area contributed by atoms with Crippen molar-refractivity contribution in [1.82, 2.24) is 0 Å². The number of carboxylic acids is 1. The first-order valence-electron chi connectivity index (χ1n) is 6.23. The maximum Gasteiger partial charge on any atom is 0.306 e. The van der Waals surface area contributed by atoms with Crippen LogP contribution in [-0.4, -0.2) is 11.1 Å². The number of aliphatic carboxylic acids is 1. The minimum absolute atomic E-state index is 0.0475. The molecule has 3 aliphatic carbocycles. The molecule has 86 valence electrons. The van der Waals surface area contributed by atoms with E-state index in [-0.39, 0.29) is 5.92 Å². The highest BCUT2D eigenvalue weighted by molar-refractivity contribution is 5.70. The van der Waals surface area contributed by atoms with Crippen molar-refractivity contribution in [3.63, 3.8) is 0 Å². The monoisotopic (exact) mass is 210 g/mol. The molecule has 4 unspecified atom stereocenters. The van der Waals surface area contributed by atoms with Gasteiger partial charge in [0.25, 0.3) is 0 Å². The van der Waals surface area contributed by atoms with E-state index in [0.717, 1.165) is 24.7 Å². The van der Waals surface area contributed by atoms with Gasteiger partial charge in [-0.3, -0.25) is 4.79 Å². The van der Waals surface area contributed by atoms with Crippen LogP contribution in [0.25, 0.3) is 0 Å². The van der Waals surface area contributed by atoms with E-state index in [9.17, 15) is 9.90 Å². The van der Waals surface area contributed by atoms with Crippen molar-refractivity contribution in [3.8, 4) is 0 Å². The Labute approximate surface area is 92.1 Å². The molecule has 0 radical (unpaired) electrons. The zero-order valence-corrected chi connectivity index (χ0v) is 9.94. The number of hydrogen-bond donors (Lipinski definition) is 1. The van der Waals surface area contributed by atoms with Gasteiger partial charge >= 0.3 is 5.97 Å². The molecule has 0 amide bonds. The highest BCUT2D eigenvalue weighted by atomic mass is 16.4. The lowest BCUT2D eigenvalue weighted by Crippen LogP contribution is -2.46. The third-order valence-electron chi connectivity index (χ3n) is 4.80. The second-order valence-corrected chi connectivity index (χ2v) is 5.96. The van der Waals surface area contributed by atoms with Gasteiger partial charge in [0.05, 0.1) is 5.92 Å². The molecule has 0 aromatic carbocycles. The summed E-state index contributed by atoms with van der Waals surface area (Å²) >= 11 is 0. The fourth-order valence-electron chi connectivity index (χ4n) is 4.00. The van der Waals surface area contributed by atoms with E-state index in [2.05, 4.69) is 20.8 Å². The van der Waals surface area contributed by atoms with Crippen LogP contribution in [0.2, 0.25) is 0 Å². The van der Waals surface area contributed by atoms with Gasteiger partial charge in [-0.2, -0.15) is 0 Å². The van der Waals surface area contributed by atoms with Gasteiger partial charge in [0.1, 0.15) is 0 Å². The van der Waals surface area contributed by atoms with E-state index in [0.29, 0.717) is 17.8 Å². The maximum atomic E-state index is 11.2. The van der Waals surface area contributed by atoms with Crippen LogP contribution in [0.15, 0.2) is 0 Å². The SMILES string of the molecule is CC(C)C1C[C@H]2C(C)CC1CC2C(=O)O. The molecular formula is C13H22O2. The Balaban J connectivity index is 2.15. The number of carboxylic acid groups (broad SMARTS) is 1. The molecule has 0 aliphatic heterocycles. The van der Waals surface area contributed by atoms with Crippen LogP contribution in [-0.2, 0) is 4.79 Å². The van der Waals surface area contributed by atoms with Gasteiger partial charge in [0, 0.05) is 0 Å². The summed E-state index contributed by atoms with van der Waals surface area (Å²) in [6.45, 7) is 6.81. The average molecular weight is 210 g/mol. The van der Waals surface area contributed by atoms with Gasteiger partial charge in [0.2, 0.25) is 0 Å². The standard InChI is InChI=1S/C13H22O2/c1-7(2)10-6-11-8(3)4-9(10)5-12(11)13(14)15/h7-12H,4-6H2,1-3H3,(H,14,15)/t8?,9?,10?,11-,12?/m0/s1. The van der Waals surface area contributed by atoms with Crippen LogP contribution in [0, 0.1) is 35.5 Å². The Morgan fingerprint density at radius 1 is 1.27 bits per heavy atom. The predicted octanol–water partition coefficient (Wildman–Crippen LogP) is 3.03. The van der Waals surface area contributed by atoms with E-state index in [1.807, 2.05) is 0 Å². The lowest BCUT2D eigenvalue weighted by molar-refractivity contribution is -0.152. The Hall–Kier alpha value is -0.530. The minimum Gasteiger partial charge on any atom is -0.481 e. The van der Waals surface area contributed by atoms with Crippen LogP contribution >= 0.6 is 0 Å². The van der Waals surface area contributed by atoms with Crippen LogP contribution in [0.1, 0.15) is 40.0 Å². The van der Waals surface area contributed by atoms with Crippen molar-refractivity contribution >= 4 is 5.97 Å². The molecule has 3 rings (SSSR count). The van der Waals surface area contributed by atoms with Crippen molar-refractivity contribution < 1.29 is 9.90 Å². The molecule has 0 saturated heterocycles. The van der Waals surface area contributed by atoms with Crippen LogP contribution in [0.4, 0.5) is 0 Å². The van der Waals surface area contributed by atoms with Gasteiger partial charge in [-0.15, -0.1) is 0 Å². The first-order chi connectivity index (χ1) is 7.00. The summed E-state index contributed by atoms with van der Waals surface area (Å²) < 4.78 is 0. The van der Waals surface area contributed by atoms with E-state index in [1.54, 1.807) is 0 Å². The first kappa shape index (κ1) is 11.0. The molecule has 0 aromatic rings. The van der Waals surface area contributed by atoms with Crippen molar-refractivity contribution in [2.24, 2.45) is 35.5 Å². The summed E-state index contributed by atoms with van der Waals surface area (Å²) in [5.41, 5.74) is 0. The molecule has 2 heteroatoms. The van der Waals surface area contributed by atoms with Gasteiger partial charge in [-0.05, 0) is 48.9 Å². The highest BCUT2D eigenvalue weighted by Gasteiger charge is 2.48. The summed E-state index contributed by atoms with van der Waals surface area (Å²) in [7, 11) is 0. The molecule has 2 nitrogen and oxygen atoms in total. The Morgan fingerprint density at radius 3 is 2.40 bits per heavy atom. The van der Waals surface area contributed by atoms with Crippen LogP contribution in [0.5, 0.6) is 0 Å². The van der Waals surface area contributed by atoms with Crippen molar-refractivity contribution in [3.05, 3.63) is 0 Å². The summed E-state index contributed by atoms with van der Waals surface area (Å²) in [6.07, 6.45) is 3.35. The lowest BCUT2D eigenvalue weighted by Gasteiger charge is -2.50. The van der Waals surface area contributed by atoms with Crippen LogP contribution < -0.4 is 0 Å². The summed E-state index contributed by atoms with van der Waals surface area (Å²) in [5.74, 6) is 2.64. The van der Waals surface area contributed by atoms with E-state index in [1.165, 1.54) is 6.42 Å². The first-order valence-corrected chi connectivity index (χ1v) is 6.23. The van der Waals surface area contributed by atoms with Gasteiger partial charge < -0.3 is 5.11 Å². The van der Waals surface area contributed by atoms with Crippen molar-refractivity contribution in [2.75, 3.05) is 0 Å². The Morgan fingerprint density at radius 2 is 1.93 bits per heavy atom. The number of hydrogen-bond acceptors (Lipinski definition) is 1. The molecule has 0 heterocycles. The van der Waals surface area contributed by atoms with E-state index >= 15 is 0 Å². The van der Waals surface area contributed by atoms with E-state index in [4.69, 9.17) is 0 Å². The predicted molar refractivity (Wildman–Crippen MR) is 59.4 cm³/mol. The van der Waals surface area contributed by atoms with Crippen molar-refractivity contribution in [1.29, 1.82) is 0 Å². The molecule has 3 fully saturated rings. The molecule has 2 bridgehead atoms. The second kappa shape index (κ2) is 3.80. The fraction of sp³-hybridized carbons (Fsp3) is 0.923. The Kier molecular flexibility index (Phi) is 2.78. The third kappa shape index (κ3) is 1.79. The second-order valence-electron chi connectivity index (χ2n) is 5.96. The van der Waals surface area contributed by atoms with Gasteiger partial charge in [-0.1, -0.05) is 20.8 Å². The van der Waals surface area contributed by atoms with E-state index < -0.39 is 5.97 Å². The molecule has 1 N–H and O–H groups in total. The molecule has 3 saturated carbocycles. The van der Waals surface area contributed by atoms with Crippen molar-refractivity contribution in [2.45, 2.75) is 40.0 Å². The molecule has 15 heavy (non-hydrogen) atoms. The zero-order valence-electron chi connectivity index (χ0n) is 9.94. The zero-order chi connectivity index (χ0) is 11.2. The third-order valence-corrected chi connectivity index (χ3v) is 4.80. The number of rotatable bonds is 2. The lowest BCUT2D eigenvalue weighted by atomic mass is 9.54.